The molecule has 98 valence electrons. The fourth-order valence-electron chi connectivity index (χ4n) is 2.24. The number of nitrogens with zero attached hydrogens (tertiary/aromatic N) is 1. The van der Waals surface area contributed by atoms with E-state index < -0.39 is 6.10 Å². The third kappa shape index (κ3) is 2.19. The summed E-state index contributed by atoms with van der Waals surface area (Å²) in [4.78, 5) is 16.7. The largest absolute Gasteiger partial charge is 0.380 e. The zero-order chi connectivity index (χ0) is 13.9. The van der Waals surface area contributed by atoms with Gasteiger partial charge in [-0.3, -0.25) is 9.78 Å². The molecule has 0 saturated heterocycles. The Morgan fingerprint density at radius 1 is 0.950 bits per heavy atom. The summed E-state index contributed by atoms with van der Waals surface area (Å²) in [5.74, 6) is -0.333. The van der Waals surface area contributed by atoms with Crippen LogP contribution in [0.25, 0.3) is 10.9 Å². The van der Waals surface area contributed by atoms with Crippen LogP contribution in [0.5, 0.6) is 0 Å². The number of hydrogen-bond acceptors (Lipinski definition) is 3. The normalized spacial score (nSPS) is 12.2. The van der Waals surface area contributed by atoms with Crippen molar-refractivity contribution in [3.63, 3.8) is 0 Å². The van der Waals surface area contributed by atoms with E-state index in [0.717, 1.165) is 5.39 Å². The van der Waals surface area contributed by atoms with Gasteiger partial charge in [0, 0.05) is 17.1 Å². The Balaban J connectivity index is 2.05. The Bertz CT molecular complexity index is 748. The molecule has 0 saturated carbocycles. The van der Waals surface area contributed by atoms with E-state index in [9.17, 15) is 9.90 Å². The molecular weight excluding hydrogens is 250 g/mol. The quantitative estimate of drug-likeness (QED) is 0.738. The van der Waals surface area contributed by atoms with Gasteiger partial charge in [0.15, 0.2) is 5.78 Å². The Kier molecular flexibility index (Phi) is 3.27. The maximum absolute atomic E-state index is 12.5. The van der Waals surface area contributed by atoms with Crippen LogP contribution in [0, 0.1) is 0 Å². The number of aliphatic hydroxyl groups excluding tert-OH is 1. The van der Waals surface area contributed by atoms with E-state index in [0.29, 0.717) is 16.6 Å². The Labute approximate surface area is 116 Å². The molecule has 0 amide bonds. The van der Waals surface area contributed by atoms with Crippen molar-refractivity contribution >= 4 is 16.7 Å². The van der Waals surface area contributed by atoms with E-state index in [1.54, 1.807) is 42.6 Å². The van der Waals surface area contributed by atoms with Gasteiger partial charge in [-0.2, -0.15) is 0 Å². The first-order chi connectivity index (χ1) is 9.77. The van der Waals surface area contributed by atoms with E-state index in [2.05, 4.69) is 4.98 Å². The minimum atomic E-state index is -1.16. The molecule has 3 rings (SSSR count). The topological polar surface area (TPSA) is 50.2 Å². The van der Waals surface area contributed by atoms with Crippen LogP contribution in [0.4, 0.5) is 0 Å². The number of Topliss-reactive ketones (excluding diaryl/α,β-unsaturated/α-hetero) is 1. The molecule has 0 fully saturated rings. The van der Waals surface area contributed by atoms with Gasteiger partial charge in [-0.25, -0.2) is 0 Å². The van der Waals surface area contributed by atoms with Crippen molar-refractivity contribution in [2.45, 2.75) is 6.10 Å². The first kappa shape index (κ1) is 12.5. The number of ketones is 1. The van der Waals surface area contributed by atoms with Gasteiger partial charge in [0.2, 0.25) is 0 Å². The number of carbonyl (C=O) groups excluding carboxylic acids is 1. The van der Waals surface area contributed by atoms with Gasteiger partial charge in [0.05, 0.1) is 5.52 Å². The number of hydrogen-bond donors (Lipinski definition) is 1. The van der Waals surface area contributed by atoms with Gasteiger partial charge < -0.3 is 5.11 Å². The predicted molar refractivity (Wildman–Crippen MR) is 77.5 cm³/mol. The summed E-state index contributed by atoms with van der Waals surface area (Å²) >= 11 is 0. The third-order valence-electron chi connectivity index (χ3n) is 3.26. The lowest BCUT2D eigenvalue weighted by Crippen LogP contribution is -2.13. The molecule has 1 aromatic heterocycles. The molecule has 0 aliphatic carbocycles. The number of rotatable bonds is 3. The van der Waals surface area contributed by atoms with E-state index in [1.165, 1.54) is 0 Å². The number of aromatic nitrogens is 1. The van der Waals surface area contributed by atoms with Crippen LogP contribution in [0.3, 0.4) is 0 Å². The van der Waals surface area contributed by atoms with Gasteiger partial charge in [-0.15, -0.1) is 0 Å². The number of para-hydroxylation sites is 1. The molecule has 0 spiro atoms. The second-order valence-corrected chi connectivity index (χ2v) is 4.56. The molecule has 3 heteroatoms. The monoisotopic (exact) mass is 263 g/mol. The molecule has 1 N–H and O–H groups in total. The highest BCUT2D eigenvalue weighted by Crippen LogP contribution is 2.23. The van der Waals surface area contributed by atoms with E-state index in [1.807, 2.05) is 24.3 Å². The number of aliphatic hydroxyl groups is 1. The maximum Gasteiger partial charge on any atom is 0.198 e. The SMILES string of the molecule is O=C(c1cccc2cccnc12)C(O)c1ccccc1. The molecule has 1 unspecified atom stereocenters. The molecule has 0 radical (unpaired) electrons. The highest BCUT2D eigenvalue weighted by atomic mass is 16.3. The molecule has 0 aliphatic heterocycles. The van der Waals surface area contributed by atoms with Gasteiger partial charge >= 0.3 is 0 Å². The Morgan fingerprint density at radius 2 is 1.70 bits per heavy atom. The lowest BCUT2D eigenvalue weighted by molar-refractivity contribution is 0.0749. The summed E-state index contributed by atoms with van der Waals surface area (Å²) in [7, 11) is 0. The molecule has 1 heterocycles. The minimum Gasteiger partial charge on any atom is -0.380 e. The summed E-state index contributed by atoms with van der Waals surface area (Å²) in [5, 5.41) is 11.1. The summed E-state index contributed by atoms with van der Waals surface area (Å²) in [6.07, 6.45) is 0.484. The Hall–Kier alpha value is -2.52. The van der Waals surface area contributed by atoms with Crippen LogP contribution < -0.4 is 0 Å². The van der Waals surface area contributed by atoms with E-state index in [4.69, 9.17) is 0 Å². The number of fused-ring (bicyclic) bond motifs is 1. The van der Waals surface area contributed by atoms with Crippen molar-refractivity contribution in [1.82, 2.24) is 4.98 Å². The van der Waals surface area contributed by atoms with Gasteiger partial charge in [0.25, 0.3) is 0 Å². The highest BCUT2D eigenvalue weighted by Gasteiger charge is 2.21. The molecule has 0 aliphatic rings. The van der Waals surface area contributed by atoms with Crippen molar-refractivity contribution in [1.29, 1.82) is 0 Å². The molecule has 0 bridgehead atoms. The van der Waals surface area contributed by atoms with Crippen LogP contribution in [0.15, 0.2) is 66.9 Å². The van der Waals surface area contributed by atoms with Crippen LogP contribution in [-0.2, 0) is 0 Å². The molecule has 2 aromatic carbocycles. The second kappa shape index (κ2) is 5.23. The lowest BCUT2D eigenvalue weighted by atomic mass is 9.98. The fourth-order valence-corrected chi connectivity index (χ4v) is 2.24. The average Bonchev–Trinajstić information content (AvgIpc) is 2.54. The first-order valence-electron chi connectivity index (χ1n) is 6.38. The first-order valence-corrected chi connectivity index (χ1v) is 6.38. The molecule has 3 nitrogen and oxygen atoms in total. The lowest BCUT2D eigenvalue weighted by Gasteiger charge is -2.11. The number of benzene rings is 2. The van der Waals surface area contributed by atoms with Crippen LogP contribution >= 0.6 is 0 Å². The number of carbonyl (C=O) groups is 1. The fraction of sp³-hybridized carbons (Fsp3) is 0.0588. The van der Waals surface area contributed by atoms with Crippen molar-refractivity contribution < 1.29 is 9.90 Å². The van der Waals surface area contributed by atoms with Gasteiger partial charge in [-0.1, -0.05) is 48.5 Å². The van der Waals surface area contributed by atoms with Gasteiger partial charge in [0.1, 0.15) is 6.10 Å². The second-order valence-electron chi connectivity index (χ2n) is 4.56. The highest BCUT2D eigenvalue weighted by molar-refractivity contribution is 6.08. The van der Waals surface area contributed by atoms with Crippen LogP contribution in [0.1, 0.15) is 22.0 Å². The average molecular weight is 263 g/mol. The molecule has 20 heavy (non-hydrogen) atoms. The van der Waals surface area contributed by atoms with Crippen molar-refractivity contribution in [2.24, 2.45) is 0 Å². The Morgan fingerprint density at radius 3 is 2.50 bits per heavy atom. The van der Waals surface area contributed by atoms with Crippen molar-refractivity contribution in [3.05, 3.63) is 78.0 Å². The smallest absolute Gasteiger partial charge is 0.198 e. The van der Waals surface area contributed by atoms with E-state index in [-0.39, 0.29) is 5.78 Å². The van der Waals surface area contributed by atoms with E-state index >= 15 is 0 Å². The van der Waals surface area contributed by atoms with Crippen LogP contribution in [0.2, 0.25) is 0 Å². The zero-order valence-corrected chi connectivity index (χ0v) is 10.7. The minimum absolute atomic E-state index is 0.333. The van der Waals surface area contributed by atoms with Crippen molar-refractivity contribution in [3.8, 4) is 0 Å². The maximum atomic E-state index is 12.5. The zero-order valence-electron chi connectivity index (χ0n) is 10.7. The summed E-state index contributed by atoms with van der Waals surface area (Å²) in [5.41, 5.74) is 1.65. The summed E-state index contributed by atoms with van der Waals surface area (Å²) in [6.45, 7) is 0. The standard InChI is InChI=1S/C17H13NO2/c19-16(13-6-2-1-3-7-13)17(20)14-10-4-8-12-9-5-11-18-15(12)14/h1-11,16,19H. The number of pyridine rings is 1. The molecule has 1 atom stereocenters. The van der Waals surface area contributed by atoms with Crippen LogP contribution in [-0.4, -0.2) is 15.9 Å². The third-order valence-corrected chi connectivity index (χ3v) is 3.26. The molecule has 3 aromatic rings. The van der Waals surface area contributed by atoms with Crippen molar-refractivity contribution in [2.75, 3.05) is 0 Å². The molecular formula is C17H13NO2. The summed E-state index contributed by atoms with van der Waals surface area (Å²) in [6, 6.07) is 18.0. The van der Waals surface area contributed by atoms with Gasteiger partial charge in [-0.05, 0) is 17.7 Å². The summed E-state index contributed by atoms with van der Waals surface area (Å²) < 4.78 is 0. The predicted octanol–water partition coefficient (Wildman–Crippen LogP) is 3.15.